The number of anilines is 1. The molecule has 0 amide bonds. The molecule has 3 nitrogen and oxygen atoms in total. The highest BCUT2D eigenvalue weighted by Gasteiger charge is 2.02. The third kappa shape index (κ3) is 2.63. The van der Waals surface area contributed by atoms with Crippen LogP contribution in [0, 0.1) is 6.92 Å². The number of fused-ring (bicyclic) bond motifs is 1. The second kappa shape index (κ2) is 5.20. The molecule has 0 aliphatic carbocycles. The lowest BCUT2D eigenvalue weighted by Crippen LogP contribution is -1.91. The minimum Gasteiger partial charge on any atom is -0.260 e. The van der Waals surface area contributed by atoms with Gasteiger partial charge in [-0.2, -0.15) is 9.47 Å². The van der Waals surface area contributed by atoms with E-state index in [9.17, 15) is 0 Å². The van der Waals surface area contributed by atoms with Gasteiger partial charge in [0, 0.05) is 5.39 Å². The second-order valence-electron chi connectivity index (χ2n) is 4.31. The summed E-state index contributed by atoms with van der Waals surface area (Å²) >= 11 is 1.48. The lowest BCUT2D eigenvalue weighted by Gasteiger charge is -1.97. The molecule has 0 aliphatic rings. The van der Waals surface area contributed by atoms with E-state index in [1.165, 1.54) is 17.1 Å². The summed E-state index contributed by atoms with van der Waals surface area (Å²) in [6, 6.07) is 16.3. The van der Waals surface area contributed by atoms with E-state index in [0.717, 1.165) is 21.5 Å². The maximum atomic E-state index is 4.36. The summed E-state index contributed by atoms with van der Waals surface area (Å²) in [4.78, 5) is 0. The molecule has 1 N–H and O–H groups in total. The lowest BCUT2D eigenvalue weighted by molar-refractivity contribution is 1.32. The topological polar surface area (TPSA) is 37.3 Å². The SMILES string of the molecule is Cc1ccc(/C=N/Nc2nsc3ccccc23)cc1. The zero-order chi connectivity index (χ0) is 13.1. The highest BCUT2D eigenvalue weighted by atomic mass is 32.1. The van der Waals surface area contributed by atoms with Gasteiger partial charge in [0.2, 0.25) is 0 Å². The third-order valence-corrected chi connectivity index (χ3v) is 3.67. The maximum Gasteiger partial charge on any atom is 0.167 e. The average molecular weight is 267 g/mol. The van der Waals surface area contributed by atoms with Crippen molar-refractivity contribution in [3.8, 4) is 0 Å². The molecule has 3 aromatic rings. The summed E-state index contributed by atoms with van der Waals surface area (Å²) in [7, 11) is 0. The molecule has 1 aromatic heterocycles. The lowest BCUT2D eigenvalue weighted by atomic mass is 10.2. The molecule has 0 aliphatic heterocycles. The quantitative estimate of drug-likeness (QED) is 0.574. The van der Waals surface area contributed by atoms with Gasteiger partial charge in [0.25, 0.3) is 0 Å². The fraction of sp³-hybridized carbons (Fsp3) is 0.0667. The van der Waals surface area contributed by atoms with Gasteiger partial charge in [-0.1, -0.05) is 42.0 Å². The summed E-state index contributed by atoms with van der Waals surface area (Å²) in [6.45, 7) is 2.07. The van der Waals surface area contributed by atoms with Crippen LogP contribution < -0.4 is 5.43 Å². The van der Waals surface area contributed by atoms with Crippen LogP contribution in [0.3, 0.4) is 0 Å². The highest BCUT2D eigenvalue weighted by molar-refractivity contribution is 7.13. The van der Waals surface area contributed by atoms with Crippen LogP contribution in [0.5, 0.6) is 0 Å². The summed E-state index contributed by atoms with van der Waals surface area (Å²) in [5.41, 5.74) is 5.31. The van der Waals surface area contributed by atoms with Crippen molar-refractivity contribution in [3.05, 3.63) is 59.7 Å². The smallest absolute Gasteiger partial charge is 0.167 e. The number of rotatable bonds is 3. The second-order valence-corrected chi connectivity index (χ2v) is 5.11. The van der Waals surface area contributed by atoms with Gasteiger partial charge in [-0.25, -0.2) is 0 Å². The van der Waals surface area contributed by atoms with E-state index in [4.69, 9.17) is 0 Å². The maximum absolute atomic E-state index is 4.36. The summed E-state index contributed by atoms with van der Waals surface area (Å²) in [6.07, 6.45) is 1.80. The molecule has 0 unspecified atom stereocenters. The first-order chi connectivity index (χ1) is 9.33. The van der Waals surface area contributed by atoms with Gasteiger partial charge < -0.3 is 0 Å². The van der Waals surface area contributed by atoms with Gasteiger partial charge >= 0.3 is 0 Å². The molecule has 0 spiro atoms. The van der Waals surface area contributed by atoms with Gasteiger partial charge in [0.1, 0.15) is 0 Å². The summed E-state index contributed by atoms with van der Waals surface area (Å²) in [5.74, 6) is 0.809. The molecule has 0 fully saturated rings. The van der Waals surface area contributed by atoms with Gasteiger partial charge in [-0.05, 0) is 36.2 Å². The number of hydrazone groups is 1. The molecule has 0 bridgehead atoms. The fourth-order valence-electron chi connectivity index (χ4n) is 1.79. The van der Waals surface area contributed by atoms with Crippen LogP contribution in [0.15, 0.2) is 53.6 Å². The Hall–Kier alpha value is -2.20. The number of aromatic nitrogens is 1. The standard InChI is InChI=1S/C15H13N3S/c1-11-6-8-12(9-7-11)10-16-17-15-13-4-2-3-5-14(13)19-18-15/h2-10H,1H3,(H,17,18)/b16-10+. The zero-order valence-corrected chi connectivity index (χ0v) is 11.3. The predicted octanol–water partition coefficient (Wildman–Crippen LogP) is 4.05. The van der Waals surface area contributed by atoms with Crippen molar-refractivity contribution in [2.24, 2.45) is 5.10 Å². The first-order valence-electron chi connectivity index (χ1n) is 6.03. The Balaban J connectivity index is 1.77. The van der Waals surface area contributed by atoms with Gasteiger partial charge in [0.15, 0.2) is 5.82 Å². The first-order valence-corrected chi connectivity index (χ1v) is 6.80. The van der Waals surface area contributed by atoms with E-state index in [1.807, 2.05) is 30.3 Å². The van der Waals surface area contributed by atoms with Gasteiger partial charge in [-0.15, -0.1) is 0 Å². The Bertz CT molecular complexity index is 714. The fourth-order valence-corrected chi connectivity index (χ4v) is 2.52. The molecule has 0 saturated heterocycles. The Morgan fingerprint density at radius 3 is 2.74 bits per heavy atom. The first kappa shape index (κ1) is 11.9. The van der Waals surface area contributed by atoms with Crippen LogP contribution in [0.4, 0.5) is 5.82 Å². The van der Waals surface area contributed by atoms with Gasteiger partial charge in [0.05, 0.1) is 10.9 Å². The minimum absolute atomic E-state index is 0.809. The van der Waals surface area contributed by atoms with Crippen LogP contribution in [0.1, 0.15) is 11.1 Å². The molecular formula is C15H13N3S. The number of nitrogens with one attached hydrogen (secondary N) is 1. The molecule has 1 heterocycles. The van der Waals surface area contributed by atoms with Crippen LogP contribution in [-0.4, -0.2) is 10.6 Å². The molecule has 94 valence electrons. The molecule has 2 aromatic carbocycles. The number of aryl methyl sites for hydroxylation is 1. The molecule has 3 rings (SSSR count). The third-order valence-electron chi connectivity index (χ3n) is 2.84. The Morgan fingerprint density at radius 1 is 1.11 bits per heavy atom. The Kier molecular flexibility index (Phi) is 3.25. The van der Waals surface area contributed by atoms with E-state index < -0.39 is 0 Å². The molecule has 0 radical (unpaired) electrons. The Labute approximate surface area is 115 Å². The average Bonchev–Trinajstić information content (AvgIpc) is 2.85. The monoisotopic (exact) mass is 267 g/mol. The van der Waals surface area contributed by atoms with Crippen LogP contribution >= 0.6 is 11.5 Å². The van der Waals surface area contributed by atoms with E-state index in [1.54, 1.807) is 6.21 Å². The molecule has 0 saturated carbocycles. The number of nitrogens with zero attached hydrogens (tertiary/aromatic N) is 2. The molecule has 19 heavy (non-hydrogen) atoms. The normalized spacial score (nSPS) is 11.2. The highest BCUT2D eigenvalue weighted by Crippen LogP contribution is 2.25. The van der Waals surface area contributed by atoms with E-state index in [2.05, 4.69) is 40.0 Å². The summed E-state index contributed by atoms with van der Waals surface area (Å²) in [5, 5.41) is 5.34. The van der Waals surface area contributed by atoms with Crippen LogP contribution in [0.25, 0.3) is 10.1 Å². The number of hydrogen-bond donors (Lipinski definition) is 1. The van der Waals surface area contributed by atoms with Crippen molar-refractivity contribution in [3.63, 3.8) is 0 Å². The molecule has 0 atom stereocenters. The molecule has 4 heteroatoms. The number of benzene rings is 2. The van der Waals surface area contributed by atoms with Crippen molar-refractivity contribution in [1.82, 2.24) is 4.37 Å². The van der Waals surface area contributed by atoms with Crippen molar-refractivity contribution in [2.45, 2.75) is 6.92 Å². The van der Waals surface area contributed by atoms with Gasteiger partial charge in [-0.3, -0.25) is 5.43 Å². The zero-order valence-electron chi connectivity index (χ0n) is 10.5. The van der Waals surface area contributed by atoms with Crippen molar-refractivity contribution in [2.75, 3.05) is 5.43 Å². The van der Waals surface area contributed by atoms with Crippen molar-refractivity contribution >= 4 is 33.7 Å². The largest absolute Gasteiger partial charge is 0.260 e. The predicted molar refractivity (Wildman–Crippen MR) is 82.0 cm³/mol. The summed E-state index contributed by atoms with van der Waals surface area (Å²) < 4.78 is 5.52. The van der Waals surface area contributed by atoms with Crippen LogP contribution in [0.2, 0.25) is 0 Å². The van der Waals surface area contributed by atoms with E-state index in [-0.39, 0.29) is 0 Å². The number of hydrogen-bond acceptors (Lipinski definition) is 4. The van der Waals surface area contributed by atoms with Crippen molar-refractivity contribution in [1.29, 1.82) is 0 Å². The Morgan fingerprint density at radius 2 is 1.89 bits per heavy atom. The van der Waals surface area contributed by atoms with Crippen LogP contribution in [-0.2, 0) is 0 Å². The van der Waals surface area contributed by atoms with E-state index >= 15 is 0 Å². The van der Waals surface area contributed by atoms with E-state index in [0.29, 0.717) is 0 Å². The molecular weight excluding hydrogens is 254 g/mol. The van der Waals surface area contributed by atoms with Crippen molar-refractivity contribution < 1.29 is 0 Å². The minimum atomic E-state index is 0.809.